The number of likely N-dealkylation sites (tertiary alicyclic amines) is 1. The number of hydrogen-bond donors (Lipinski definition) is 0. The average Bonchev–Trinajstić information content (AvgIpc) is 3.03. The van der Waals surface area contributed by atoms with E-state index >= 15 is 0 Å². The first kappa shape index (κ1) is 32.1. The van der Waals surface area contributed by atoms with E-state index in [-0.39, 0.29) is 17.5 Å². The fourth-order valence-electron chi connectivity index (χ4n) is 6.21. The molecule has 1 aliphatic heterocycles. The Morgan fingerprint density at radius 1 is 1.02 bits per heavy atom. The van der Waals surface area contributed by atoms with Gasteiger partial charge in [0.2, 0.25) is 0 Å². The van der Waals surface area contributed by atoms with Crippen molar-refractivity contribution in [3.05, 3.63) is 116 Å². The molecule has 1 fully saturated rings. The molecule has 5 rings (SSSR count). The number of nitro benzene ring substituents is 1. The van der Waals surface area contributed by atoms with Gasteiger partial charge in [-0.1, -0.05) is 59.6 Å². The number of halogens is 2. The predicted octanol–water partition coefficient (Wildman–Crippen LogP) is 7.92. The van der Waals surface area contributed by atoms with Gasteiger partial charge in [0.15, 0.2) is 0 Å². The summed E-state index contributed by atoms with van der Waals surface area (Å²) in [5.74, 6) is 0.251. The molecule has 1 saturated heterocycles. The Labute approximate surface area is 270 Å². The lowest BCUT2D eigenvalue weighted by molar-refractivity contribution is -0.384. The molecule has 4 aromatic carbocycles. The van der Waals surface area contributed by atoms with Gasteiger partial charge in [0.25, 0.3) is 11.6 Å². The van der Waals surface area contributed by atoms with Gasteiger partial charge in [0.1, 0.15) is 0 Å². The van der Waals surface area contributed by atoms with Crippen molar-refractivity contribution in [2.45, 2.75) is 36.0 Å². The summed E-state index contributed by atoms with van der Waals surface area (Å²) >= 11 is 12.7. The molecule has 0 aliphatic carbocycles. The highest BCUT2D eigenvalue weighted by Crippen LogP contribution is 2.34. The Bertz CT molecular complexity index is 1710. The second-order valence-electron chi connectivity index (χ2n) is 11.4. The van der Waals surface area contributed by atoms with Crippen LogP contribution >= 0.6 is 23.2 Å². The summed E-state index contributed by atoms with van der Waals surface area (Å²) in [7, 11) is 0.776. The van der Waals surface area contributed by atoms with Crippen LogP contribution < -0.4 is 0 Å². The minimum Gasteiger partial charge on any atom is -0.341 e. The highest BCUT2D eigenvalue weighted by molar-refractivity contribution is 7.84. The van der Waals surface area contributed by atoms with Crippen molar-refractivity contribution in [1.29, 1.82) is 0 Å². The van der Waals surface area contributed by atoms with E-state index in [4.69, 9.17) is 23.2 Å². The lowest BCUT2D eigenvalue weighted by atomic mass is 9.88. The van der Waals surface area contributed by atoms with Crippen molar-refractivity contribution in [2.24, 2.45) is 0 Å². The van der Waals surface area contributed by atoms with Crippen LogP contribution in [0, 0.1) is 10.1 Å². The van der Waals surface area contributed by atoms with Crippen molar-refractivity contribution >= 4 is 56.4 Å². The fraction of sp³-hybridized carbons (Fsp3) is 0.324. The number of nitro groups is 1. The van der Waals surface area contributed by atoms with Crippen LogP contribution in [0.1, 0.15) is 52.6 Å². The molecule has 4 aromatic rings. The average molecular weight is 653 g/mol. The first-order valence-corrected chi connectivity index (χ1v) is 17.0. The molecular formula is C34H35Cl2N3O4S. The molecule has 0 spiro atoms. The number of piperidine rings is 1. The summed E-state index contributed by atoms with van der Waals surface area (Å²) in [5, 5.41) is 13.6. The summed E-state index contributed by atoms with van der Waals surface area (Å²) in [6.07, 6.45) is 4.56. The Morgan fingerprint density at radius 3 is 2.48 bits per heavy atom. The van der Waals surface area contributed by atoms with E-state index in [0.717, 1.165) is 49.4 Å². The zero-order valence-electron chi connectivity index (χ0n) is 24.7. The van der Waals surface area contributed by atoms with E-state index in [1.807, 2.05) is 30.3 Å². The van der Waals surface area contributed by atoms with Gasteiger partial charge in [0, 0.05) is 48.4 Å². The summed E-state index contributed by atoms with van der Waals surface area (Å²) < 4.78 is 12.3. The third kappa shape index (κ3) is 7.32. The minimum atomic E-state index is -1.01. The number of nitrogens with zero attached hydrogens (tertiary/aromatic N) is 3. The summed E-state index contributed by atoms with van der Waals surface area (Å²) in [4.78, 5) is 29.7. The molecule has 1 aliphatic rings. The van der Waals surface area contributed by atoms with Crippen molar-refractivity contribution in [3.8, 4) is 0 Å². The maximum absolute atomic E-state index is 13.7. The fourth-order valence-corrected chi connectivity index (χ4v) is 7.35. The molecule has 44 heavy (non-hydrogen) atoms. The molecule has 1 heterocycles. The quantitative estimate of drug-likeness (QED) is 0.128. The first-order valence-electron chi connectivity index (χ1n) is 14.6. The highest BCUT2D eigenvalue weighted by Gasteiger charge is 2.26. The molecule has 1 amide bonds. The normalized spacial score (nSPS) is 15.6. The van der Waals surface area contributed by atoms with Crippen molar-refractivity contribution < 1.29 is 13.9 Å². The zero-order chi connectivity index (χ0) is 31.4. The number of benzene rings is 4. The van der Waals surface area contributed by atoms with Crippen LogP contribution in [0.25, 0.3) is 10.8 Å². The Kier molecular flexibility index (Phi) is 10.4. The smallest absolute Gasteiger partial charge is 0.270 e. The largest absolute Gasteiger partial charge is 0.341 e. The predicted molar refractivity (Wildman–Crippen MR) is 179 cm³/mol. The molecular weight excluding hydrogens is 617 g/mol. The maximum Gasteiger partial charge on any atom is 0.270 e. The molecule has 7 nitrogen and oxygen atoms in total. The number of likely N-dealkylation sites (N-methyl/N-ethyl adjacent to an activating group) is 1. The van der Waals surface area contributed by atoms with E-state index < -0.39 is 15.7 Å². The molecule has 0 saturated carbocycles. The number of rotatable bonds is 10. The van der Waals surface area contributed by atoms with Gasteiger partial charge in [0.05, 0.1) is 25.8 Å². The Hall–Kier alpha value is -3.30. The van der Waals surface area contributed by atoms with E-state index in [2.05, 4.69) is 11.0 Å². The van der Waals surface area contributed by atoms with Gasteiger partial charge in [-0.3, -0.25) is 19.1 Å². The monoisotopic (exact) mass is 651 g/mol. The van der Waals surface area contributed by atoms with Crippen molar-refractivity contribution in [2.75, 3.05) is 39.5 Å². The molecule has 2 atom stereocenters. The number of hydrogen-bond acceptors (Lipinski definition) is 5. The van der Waals surface area contributed by atoms with E-state index in [9.17, 15) is 19.1 Å². The van der Waals surface area contributed by atoms with Gasteiger partial charge in [-0.15, -0.1) is 0 Å². The number of carbonyl (C=O) groups is 1. The lowest BCUT2D eigenvalue weighted by Gasteiger charge is -2.34. The third-order valence-corrected chi connectivity index (χ3v) is 10.3. The highest BCUT2D eigenvalue weighted by atomic mass is 35.5. The standard InChI is InChI=1S/C34H35Cl2N3O4S/c1-37(34(40)30-8-5-6-25-20-27(39(41)42)11-12-28(25)30)22-26(24-10-13-31(35)32(36)21-24)16-19-38-17-14-23(15-18-38)29-7-3-4-9-33(29)44(2)43/h3-13,20-21,23,26H,14-19,22H2,1-2H3/t26-,44?/m1/s1. The SMILES string of the molecule is CN(C[C@@H](CCN1CCC(c2ccccc2S(C)=O)CC1)c1ccc(Cl)c(Cl)c1)C(=O)c1cccc2cc([N+](=O)[O-])ccc12. The number of carbonyl (C=O) groups excluding carboxylic acids is 1. The van der Waals surface area contributed by atoms with Gasteiger partial charge in [-0.25, -0.2) is 0 Å². The van der Waals surface area contributed by atoms with E-state index in [1.54, 1.807) is 48.5 Å². The molecule has 1 unspecified atom stereocenters. The van der Waals surface area contributed by atoms with Gasteiger partial charge >= 0.3 is 0 Å². The van der Waals surface area contributed by atoms with Gasteiger partial charge in [-0.2, -0.15) is 0 Å². The second-order valence-corrected chi connectivity index (χ2v) is 13.6. The van der Waals surface area contributed by atoms with Gasteiger partial charge in [-0.05, 0) is 97.0 Å². The van der Waals surface area contributed by atoms with Crippen LogP contribution in [-0.4, -0.2) is 64.3 Å². The van der Waals surface area contributed by atoms with Crippen molar-refractivity contribution in [1.82, 2.24) is 9.80 Å². The number of non-ortho nitro benzene ring substituents is 1. The number of fused-ring (bicyclic) bond motifs is 1. The molecule has 0 aromatic heterocycles. The molecule has 10 heteroatoms. The summed E-state index contributed by atoms with van der Waals surface area (Å²) in [5.41, 5.74) is 2.71. The molecule has 0 bridgehead atoms. The van der Waals surface area contributed by atoms with Crippen LogP contribution in [-0.2, 0) is 10.8 Å². The van der Waals surface area contributed by atoms with Crippen LogP contribution in [0.4, 0.5) is 5.69 Å². The molecule has 0 radical (unpaired) electrons. The topological polar surface area (TPSA) is 83.8 Å². The first-order chi connectivity index (χ1) is 21.1. The van der Waals surface area contributed by atoms with Crippen LogP contribution in [0.2, 0.25) is 10.0 Å². The second kappa shape index (κ2) is 14.2. The maximum atomic E-state index is 13.7. The van der Waals surface area contributed by atoms with Crippen LogP contribution in [0.15, 0.2) is 83.8 Å². The molecule has 0 N–H and O–H groups in total. The Balaban J connectivity index is 1.30. The van der Waals surface area contributed by atoms with Crippen LogP contribution in [0.3, 0.4) is 0 Å². The summed E-state index contributed by atoms with van der Waals surface area (Å²) in [6, 6.07) is 23.6. The zero-order valence-corrected chi connectivity index (χ0v) is 27.1. The third-order valence-electron chi connectivity index (χ3n) is 8.61. The Morgan fingerprint density at radius 2 is 1.77 bits per heavy atom. The summed E-state index contributed by atoms with van der Waals surface area (Å²) in [6.45, 7) is 3.21. The lowest BCUT2D eigenvalue weighted by Crippen LogP contribution is -2.36. The van der Waals surface area contributed by atoms with E-state index in [0.29, 0.717) is 38.8 Å². The molecule has 230 valence electrons. The van der Waals surface area contributed by atoms with Crippen molar-refractivity contribution in [3.63, 3.8) is 0 Å². The number of amides is 1. The van der Waals surface area contributed by atoms with E-state index in [1.165, 1.54) is 17.7 Å². The minimum absolute atomic E-state index is 0.00995. The van der Waals surface area contributed by atoms with Gasteiger partial charge < -0.3 is 9.80 Å². The van der Waals surface area contributed by atoms with Crippen LogP contribution in [0.5, 0.6) is 0 Å².